The lowest BCUT2D eigenvalue weighted by atomic mass is 10.1. The van der Waals surface area contributed by atoms with E-state index >= 15 is 0 Å². The highest BCUT2D eigenvalue weighted by atomic mass is 19.1. The SMILES string of the molecule is CC(C)(C)OC(=O)Nc1ccc(C=C2C(=O)OC(C)(C)OC2=O)cc1F. The summed E-state index contributed by atoms with van der Waals surface area (Å²) in [7, 11) is 0. The summed E-state index contributed by atoms with van der Waals surface area (Å²) in [6.45, 7) is 7.90. The first kappa shape index (κ1) is 19.4. The molecule has 0 bridgehead atoms. The monoisotopic (exact) mass is 365 g/mol. The third-order valence-corrected chi connectivity index (χ3v) is 3.06. The van der Waals surface area contributed by atoms with Gasteiger partial charge in [0.2, 0.25) is 0 Å². The minimum Gasteiger partial charge on any atom is -0.444 e. The van der Waals surface area contributed by atoms with Gasteiger partial charge in [-0.3, -0.25) is 5.32 Å². The van der Waals surface area contributed by atoms with Crippen LogP contribution in [0.5, 0.6) is 0 Å². The van der Waals surface area contributed by atoms with Crippen LogP contribution in [0, 0.1) is 5.82 Å². The number of esters is 2. The minimum absolute atomic E-state index is 0.101. The molecule has 7 nitrogen and oxygen atoms in total. The van der Waals surface area contributed by atoms with Gasteiger partial charge < -0.3 is 14.2 Å². The molecule has 140 valence electrons. The van der Waals surface area contributed by atoms with Crippen molar-refractivity contribution in [1.82, 2.24) is 0 Å². The van der Waals surface area contributed by atoms with Gasteiger partial charge in [0.1, 0.15) is 17.0 Å². The van der Waals surface area contributed by atoms with Crippen LogP contribution in [0.15, 0.2) is 23.8 Å². The zero-order valence-electron chi connectivity index (χ0n) is 15.1. The molecular formula is C18H20FNO6. The van der Waals surface area contributed by atoms with Gasteiger partial charge in [0.25, 0.3) is 5.79 Å². The van der Waals surface area contributed by atoms with E-state index in [0.29, 0.717) is 0 Å². The van der Waals surface area contributed by atoms with Crippen molar-refractivity contribution in [1.29, 1.82) is 0 Å². The average Bonchev–Trinajstić information content (AvgIpc) is 2.42. The number of halogens is 1. The highest BCUT2D eigenvalue weighted by Gasteiger charge is 2.38. The fourth-order valence-corrected chi connectivity index (χ4v) is 2.08. The molecule has 1 aromatic carbocycles. The molecule has 1 amide bonds. The van der Waals surface area contributed by atoms with Crippen molar-refractivity contribution in [2.75, 3.05) is 5.32 Å². The predicted molar refractivity (Wildman–Crippen MR) is 90.5 cm³/mol. The number of hydrogen-bond acceptors (Lipinski definition) is 6. The molecule has 1 aliphatic heterocycles. The van der Waals surface area contributed by atoms with Gasteiger partial charge >= 0.3 is 18.0 Å². The molecule has 1 fully saturated rings. The Morgan fingerprint density at radius 2 is 1.77 bits per heavy atom. The summed E-state index contributed by atoms with van der Waals surface area (Å²) >= 11 is 0. The Labute approximate surface area is 150 Å². The minimum atomic E-state index is -1.35. The number of ether oxygens (including phenoxy) is 3. The van der Waals surface area contributed by atoms with Crippen LogP contribution < -0.4 is 5.32 Å². The molecule has 0 atom stereocenters. The molecule has 0 spiro atoms. The van der Waals surface area contributed by atoms with E-state index in [1.807, 2.05) is 0 Å². The first-order valence-electron chi connectivity index (χ1n) is 7.84. The molecule has 8 heteroatoms. The van der Waals surface area contributed by atoms with E-state index in [1.165, 1.54) is 26.0 Å². The number of anilines is 1. The second-order valence-electron chi connectivity index (χ2n) is 7.10. The lowest BCUT2D eigenvalue weighted by Crippen LogP contribution is -2.41. The van der Waals surface area contributed by atoms with Crippen molar-refractivity contribution < 1.29 is 33.0 Å². The Morgan fingerprint density at radius 3 is 2.27 bits per heavy atom. The zero-order chi connectivity index (χ0) is 19.7. The molecule has 1 heterocycles. The summed E-state index contributed by atoms with van der Waals surface area (Å²) in [6.07, 6.45) is 0.351. The van der Waals surface area contributed by atoms with Gasteiger partial charge in [-0.05, 0) is 44.5 Å². The summed E-state index contributed by atoms with van der Waals surface area (Å²) < 4.78 is 29.2. The number of carbonyl (C=O) groups is 3. The maximum atomic E-state index is 14.2. The van der Waals surface area contributed by atoms with E-state index in [1.54, 1.807) is 20.8 Å². The van der Waals surface area contributed by atoms with Crippen molar-refractivity contribution in [3.63, 3.8) is 0 Å². The molecular weight excluding hydrogens is 345 g/mol. The third-order valence-electron chi connectivity index (χ3n) is 3.06. The maximum Gasteiger partial charge on any atom is 0.412 e. The summed E-state index contributed by atoms with van der Waals surface area (Å²) in [5.74, 6) is -3.83. The van der Waals surface area contributed by atoms with E-state index in [4.69, 9.17) is 14.2 Å². The fourth-order valence-electron chi connectivity index (χ4n) is 2.08. The molecule has 26 heavy (non-hydrogen) atoms. The van der Waals surface area contributed by atoms with E-state index in [0.717, 1.165) is 12.1 Å². The molecule has 1 N–H and O–H groups in total. The Balaban J connectivity index is 2.18. The Morgan fingerprint density at radius 1 is 1.19 bits per heavy atom. The van der Waals surface area contributed by atoms with E-state index in [2.05, 4.69) is 5.32 Å². The summed E-state index contributed by atoms with van der Waals surface area (Å²) in [5.41, 5.74) is -0.950. The maximum absolute atomic E-state index is 14.2. The highest BCUT2D eigenvalue weighted by molar-refractivity contribution is 6.18. The van der Waals surface area contributed by atoms with Crippen LogP contribution in [0.1, 0.15) is 40.2 Å². The first-order chi connectivity index (χ1) is 11.9. The van der Waals surface area contributed by atoms with Gasteiger partial charge in [0.15, 0.2) is 0 Å². The largest absolute Gasteiger partial charge is 0.444 e. The Hall–Kier alpha value is -2.90. The molecule has 1 saturated heterocycles. The van der Waals surface area contributed by atoms with Crippen LogP contribution in [-0.2, 0) is 23.8 Å². The summed E-state index contributed by atoms with van der Waals surface area (Å²) in [4.78, 5) is 35.5. The fraction of sp³-hybridized carbons (Fsp3) is 0.389. The van der Waals surface area contributed by atoms with E-state index in [-0.39, 0.29) is 16.8 Å². The van der Waals surface area contributed by atoms with Gasteiger partial charge in [0, 0.05) is 13.8 Å². The average molecular weight is 365 g/mol. The second kappa shape index (κ2) is 6.78. The number of benzene rings is 1. The number of amides is 1. The summed E-state index contributed by atoms with van der Waals surface area (Å²) in [5, 5.41) is 2.29. The van der Waals surface area contributed by atoms with Crippen LogP contribution in [0.3, 0.4) is 0 Å². The van der Waals surface area contributed by atoms with Crippen LogP contribution in [0.2, 0.25) is 0 Å². The predicted octanol–water partition coefficient (Wildman–Crippen LogP) is 3.39. The van der Waals surface area contributed by atoms with Crippen molar-refractivity contribution >= 4 is 29.8 Å². The number of cyclic esters (lactones) is 2. The van der Waals surface area contributed by atoms with Crippen molar-refractivity contribution in [2.45, 2.75) is 46.0 Å². The lowest BCUT2D eigenvalue weighted by Gasteiger charge is -2.29. The van der Waals surface area contributed by atoms with Crippen LogP contribution in [0.25, 0.3) is 6.08 Å². The zero-order valence-corrected chi connectivity index (χ0v) is 15.1. The van der Waals surface area contributed by atoms with Crippen molar-refractivity contribution in [3.8, 4) is 0 Å². The van der Waals surface area contributed by atoms with Crippen molar-refractivity contribution in [2.24, 2.45) is 0 Å². The molecule has 1 aliphatic rings. The number of nitrogens with one attached hydrogen (secondary N) is 1. The molecule has 0 aliphatic carbocycles. The number of carbonyl (C=O) groups excluding carboxylic acids is 3. The van der Waals surface area contributed by atoms with Crippen LogP contribution >= 0.6 is 0 Å². The molecule has 0 saturated carbocycles. The Kier molecular flexibility index (Phi) is 5.06. The standard InChI is InChI=1S/C18H20FNO6/c1-17(2,3)26-16(23)20-13-7-6-10(9-12(13)19)8-11-14(21)24-18(4,5)25-15(11)22/h6-9H,1-5H3,(H,20,23). The van der Waals surface area contributed by atoms with Crippen molar-refractivity contribution in [3.05, 3.63) is 35.2 Å². The molecule has 2 rings (SSSR count). The lowest BCUT2D eigenvalue weighted by molar-refractivity contribution is -0.222. The number of hydrogen-bond donors (Lipinski definition) is 1. The van der Waals surface area contributed by atoms with Gasteiger partial charge in [-0.2, -0.15) is 0 Å². The first-order valence-corrected chi connectivity index (χ1v) is 7.84. The molecule has 1 aromatic rings. The second-order valence-corrected chi connectivity index (χ2v) is 7.10. The van der Waals surface area contributed by atoms with Gasteiger partial charge in [-0.1, -0.05) is 6.07 Å². The molecule has 0 aromatic heterocycles. The van der Waals surface area contributed by atoms with Gasteiger partial charge in [-0.15, -0.1) is 0 Å². The summed E-state index contributed by atoms with van der Waals surface area (Å²) in [6, 6.07) is 3.76. The third kappa shape index (κ3) is 5.05. The topological polar surface area (TPSA) is 90.9 Å². The van der Waals surface area contributed by atoms with Gasteiger partial charge in [-0.25, -0.2) is 18.8 Å². The quantitative estimate of drug-likeness (QED) is 0.491. The molecule has 0 radical (unpaired) electrons. The van der Waals surface area contributed by atoms with Crippen LogP contribution in [-0.4, -0.2) is 29.4 Å². The van der Waals surface area contributed by atoms with E-state index < -0.39 is 35.2 Å². The molecule has 0 unspecified atom stereocenters. The highest BCUT2D eigenvalue weighted by Crippen LogP contribution is 2.25. The smallest absolute Gasteiger partial charge is 0.412 e. The Bertz CT molecular complexity index is 769. The van der Waals surface area contributed by atoms with Crippen LogP contribution in [0.4, 0.5) is 14.9 Å². The number of rotatable bonds is 2. The van der Waals surface area contributed by atoms with Gasteiger partial charge in [0.05, 0.1) is 5.69 Å². The van der Waals surface area contributed by atoms with E-state index in [9.17, 15) is 18.8 Å². The normalized spacial score (nSPS) is 16.5.